The summed E-state index contributed by atoms with van der Waals surface area (Å²) in [4.78, 5) is 12.0. The Balaban J connectivity index is 2.20. The summed E-state index contributed by atoms with van der Waals surface area (Å²) < 4.78 is 0. The summed E-state index contributed by atoms with van der Waals surface area (Å²) in [5.41, 5.74) is 0. The van der Waals surface area contributed by atoms with Crippen molar-refractivity contribution in [3.63, 3.8) is 0 Å². The molecule has 0 unspecified atom stereocenters. The Kier molecular flexibility index (Phi) is 7.30. The minimum Gasteiger partial charge on any atom is -0.356 e. The maximum Gasteiger partial charge on any atom is 0.223 e. The van der Waals surface area contributed by atoms with E-state index < -0.39 is 0 Å². The molecule has 0 heterocycles. The molecule has 1 amide bonds. The second-order valence-corrected chi connectivity index (χ2v) is 5.50. The number of unbranched alkanes of at least 4 members (excludes halogenated alkanes) is 1. The zero-order chi connectivity index (χ0) is 12.5. The van der Waals surface area contributed by atoms with E-state index in [0.717, 1.165) is 19.4 Å². The molecule has 0 spiro atoms. The molecule has 2 nitrogen and oxygen atoms in total. The maximum atomic E-state index is 12.0. The van der Waals surface area contributed by atoms with Crippen LogP contribution in [0.4, 0.5) is 0 Å². The van der Waals surface area contributed by atoms with Gasteiger partial charge in [-0.25, -0.2) is 0 Å². The molecular weight excluding hydrogens is 210 g/mol. The predicted molar refractivity (Wildman–Crippen MR) is 72.9 cm³/mol. The molecular formula is C15H29NO. The second-order valence-electron chi connectivity index (χ2n) is 5.50. The molecule has 2 heteroatoms. The first-order valence-corrected chi connectivity index (χ1v) is 7.55. The molecule has 1 saturated carbocycles. The molecule has 100 valence electrons. The van der Waals surface area contributed by atoms with Gasteiger partial charge in [-0.1, -0.05) is 52.4 Å². The molecule has 1 atom stereocenters. The highest BCUT2D eigenvalue weighted by molar-refractivity contribution is 5.78. The van der Waals surface area contributed by atoms with E-state index in [4.69, 9.17) is 0 Å². The molecule has 0 aromatic rings. The van der Waals surface area contributed by atoms with Gasteiger partial charge < -0.3 is 5.32 Å². The average Bonchev–Trinajstić information content (AvgIpc) is 2.39. The highest BCUT2D eigenvalue weighted by Crippen LogP contribution is 2.23. The van der Waals surface area contributed by atoms with Crippen LogP contribution in [0.5, 0.6) is 0 Å². The predicted octanol–water partition coefficient (Wildman–Crippen LogP) is 3.90. The van der Waals surface area contributed by atoms with Gasteiger partial charge in [0.1, 0.15) is 0 Å². The van der Waals surface area contributed by atoms with Gasteiger partial charge in [0.25, 0.3) is 0 Å². The summed E-state index contributed by atoms with van der Waals surface area (Å²) in [6.07, 6.45) is 11.0. The number of carbonyl (C=O) groups excluding carboxylic acids is 1. The summed E-state index contributed by atoms with van der Waals surface area (Å²) in [6.45, 7) is 5.35. The molecule has 1 N–H and O–H groups in total. The summed E-state index contributed by atoms with van der Waals surface area (Å²) >= 11 is 0. The lowest BCUT2D eigenvalue weighted by atomic mass is 9.88. The Morgan fingerprint density at radius 1 is 1.24 bits per heavy atom. The first kappa shape index (κ1) is 14.5. The lowest BCUT2D eigenvalue weighted by Crippen LogP contribution is -2.35. The largest absolute Gasteiger partial charge is 0.356 e. The number of amides is 1. The average molecular weight is 239 g/mol. The lowest BCUT2D eigenvalue weighted by Gasteiger charge is -2.22. The third kappa shape index (κ3) is 5.56. The number of hydrogen-bond acceptors (Lipinski definition) is 1. The van der Waals surface area contributed by atoms with Crippen molar-refractivity contribution in [2.45, 2.75) is 71.6 Å². The van der Waals surface area contributed by atoms with Crippen molar-refractivity contribution in [3.05, 3.63) is 0 Å². The van der Waals surface area contributed by atoms with Gasteiger partial charge in [0.05, 0.1) is 0 Å². The summed E-state index contributed by atoms with van der Waals surface area (Å²) in [6, 6.07) is 0. The van der Waals surface area contributed by atoms with E-state index in [1.54, 1.807) is 0 Å². The second kappa shape index (κ2) is 8.54. The van der Waals surface area contributed by atoms with Crippen molar-refractivity contribution in [2.24, 2.45) is 11.8 Å². The van der Waals surface area contributed by atoms with Gasteiger partial charge in [0, 0.05) is 12.5 Å². The number of rotatable bonds is 7. The van der Waals surface area contributed by atoms with E-state index >= 15 is 0 Å². The molecule has 0 radical (unpaired) electrons. The zero-order valence-electron chi connectivity index (χ0n) is 11.6. The maximum absolute atomic E-state index is 12.0. The highest BCUT2D eigenvalue weighted by Gasteiger charge is 2.21. The van der Waals surface area contributed by atoms with E-state index in [9.17, 15) is 4.79 Å². The summed E-state index contributed by atoms with van der Waals surface area (Å²) in [5, 5.41) is 3.17. The van der Waals surface area contributed by atoms with E-state index in [1.165, 1.54) is 44.9 Å². The molecule has 1 aliphatic rings. The van der Waals surface area contributed by atoms with Crippen molar-refractivity contribution < 1.29 is 4.79 Å². The Bertz CT molecular complexity index is 209. The molecule has 1 aliphatic carbocycles. The normalized spacial score (nSPS) is 18.9. The molecule has 0 aliphatic heterocycles. The van der Waals surface area contributed by atoms with Crippen LogP contribution in [-0.2, 0) is 4.79 Å². The Labute approximate surface area is 107 Å². The molecule has 0 bridgehead atoms. The van der Waals surface area contributed by atoms with Gasteiger partial charge in [-0.15, -0.1) is 0 Å². The van der Waals surface area contributed by atoms with Gasteiger partial charge >= 0.3 is 0 Å². The van der Waals surface area contributed by atoms with Gasteiger partial charge in [-0.3, -0.25) is 4.79 Å². The highest BCUT2D eigenvalue weighted by atomic mass is 16.1. The first-order valence-electron chi connectivity index (χ1n) is 7.55. The Hall–Kier alpha value is -0.530. The molecule has 0 saturated heterocycles. The van der Waals surface area contributed by atoms with Crippen LogP contribution in [0.1, 0.15) is 71.6 Å². The van der Waals surface area contributed by atoms with E-state index in [-0.39, 0.29) is 0 Å². The molecule has 17 heavy (non-hydrogen) atoms. The van der Waals surface area contributed by atoms with Crippen molar-refractivity contribution in [1.82, 2.24) is 5.32 Å². The van der Waals surface area contributed by atoms with Crippen molar-refractivity contribution in [3.8, 4) is 0 Å². The van der Waals surface area contributed by atoms with Crippen LogP contribution in [0.3, 0.4) is 0 Å². The lowest BCUT2D eigenvalue weighted by molar-refractivity contribution is -0.126. The van der Waals surface area contributed by atoms with Crippen LogP contribution in [0, 0.1) is 11.8 Å². The Morgan fingerprint density at radius 3 is 2.53 bits per heavy atom. The third-order valence-electron chi connectivity index (χ3n) is 4.08. The fourth-order valence-corrected chi connectivity index (χ4v) is 2.70. The number of hydrogen-bond donors (Lipinski definition) is 1. The SMILES string of the molecule is CCCC[C@@H](CC)CNC(=O)C1CCCCC1. The van der Waals surface area contributed by atoms with Crippen LogP contribution >= 0.6 is 0 Å². The topological polar surface area (TPSA) is 29.1 Å². The van der Waals surface area contributed by atoms with E-state index in [0.29, 0.717) is 17.7 Å². The Morgan fingerprint density at radius 2 is 1.94 bits per heavy atom. The van der Waals surface area contributed by atoms with Crippen molar-refractivity contribution in [2.75, 3.05) is 6.54 Å². The minimum absolute atomic E-state index is 0.312. The monoisotopic (exact) mass is 239 g/mol. The van der Waals surface area contributed by atoms with Crippen LogP contribution < -0.4 is 5.32 Å². The fourth-order valence-electron chi connectivity index (χ4n) is 2.70. The quantitative estimate of drug-likeness (QED) is 0.717. The van der Waals surface area contributed by atoms with Gasteiger partial charge in [0.2, 0.25) is 5.91 Å². The summed E-state index contributed by atoms with van der Waals surface area (Å²) in [7, 11) is 0. The van der Waals surface area contributed by atoms with Gasteiger partial charge in [0.15, 0.2) is 0 Å². The van der Waals surface area contributed by atoms with Gasteiger partial charge in [-0.2, -0.15) is 0 Å². The van der Waals surface area contributed by atoms with Crippen molar-refractivity contribution in [1.29, 1.82) is 0 Å². The molecule has 0 aromatic carbocycles. The molecule has 1 fully saturated rings. The van der Waals surface area contributed by atoms with Crippen LogP contribution in [-0.4, -0.2) is 12.5 Å². The zero-order valence-corrected chi connectivity index (χ0v) is 11.6. The van der Waals surface area contributed by atoms with Crippen molar-refractivity contribution >= 4 is 5.91 Å². The molecule has 0 aromatic heterocycles. The standard InChI is InChI=1S/C15H29NO/c1-3-5-9-13(4-2)12-16-15(17)14-10-7-6-8-11-14/h13-14H,3-12H2,1-2H3,(H,16,17)/t13-/m1/s1. The number of nitrogens with one attached hydrogen (secondary N) is 1. The minimum atomic E-state index is 0.312. The van der Waals surface area contributed by atoms with Crippen LogP contribution in [0.2, 0.25) is 0 Å². The summed E-state index contributed by atoms with van der Waals surface area (Å²) in [5.74, 6) is 1.31. The van der Waals surface area contributed by atoms with Crippen LogP contribution in [0.15, 0.2) is 0 Å². The van der Waals surface area contributed by atoms with E-state index in [2.05, 4.69) is 19.2 Å². The number of carbonyl (C=O) groups is 1. The fraction of sp³-hybridized carbons (Fsp3) is 0.933. The molecule has 1 rings (SSSR count). The van der Waals surface area contributed by atoms with Gasteiger partial charge in [-0.05, 0) is 25.2 Å². The van der Waals surface area contributed by atoms with Crippen LogP contribution in [0.25, 0.3) is 0 Å². The van der Waals surface area contributed by atoms with E-state index in [1.807, 2.05) is 0 Å². The smallest absolute Gasteiger partial charge is 0.223 e. The first-order chi connectivity index (χ1) is 8.27. The third-order valence-corrected chi connectivity index (χ3v) is 4.08.